The summed E-state index contributed by atoms with van der Waals surface area (Å²) in [5.41, 5.74) is 1.21. The van der Waals surface area contributed by atoms with Crippen LogP contribution in [-0.4, -0.2) is 30.2 Å². The predicted octanol–water partition coefficient (Wildman–Crippen LogP) is 1.97. The van der Waals surface area contributed by atoms with Crippen LogP contribution in [0.25, 0.3) is 0 Å². The van der Waals surface area contributed by atoms with Crippen LogP contribution in [0.3, 0.4) is 0 Å². The van der Waals surface area contributed by atoms with Gasteiger partial charge in [0.25, 0.3) is 0 Å². The summed E-state index contributed by atoms with van der Waals surface area (Å²) in [4.78, 5) is 8.65. The van der Waals surface area contributed by atoms with Crippen molar-refractivity contribution in [3.63, 3.8) is 0 Å². The van der Waals surface area contributed by atoms with E-state index in [1.54, 1.807) is 7.11 Å². The Hall–Kier alpha value is -1.16. The molecule has 1 heterocycles. The number of aryl methyl sites for hydroxylation is 1. The normalized spacial score (nSPS) is 13.5. The molecule has 4 heteroatoms. The summed E-state index contributed by atoms with van der Waals surface area (Å²) in [5, 5.41) is 3.35. The van der Waals surface area contributed by atoms with Gasteiger partial charge in [-0.3, -0.25) is 0 Å². The predicted molar refractivity (Wildman–Crippen MR) is 69.3 cm³/mol. The summed E-state index contributed by atoms with van der Waals surface area (Å²) in [6, 6.07) is 2.28. The summed E-state index contributed by atoms with van der Waals surface area (Å²) in [5.74, 6) is 1.39. The van der Waals surface area contributed by atoms with Gasteiger partial charge < -0.3 is 10.1 Å². The van der Waals surface area contributed by atoms with Crippen molar-refractivity contribution in [2.24, 2.45) is 5.41 Å². The molecule has 0 aliphatic carbocycles. The Labute approximate surface area is 104 Å². The fraction of sp³-hybridized carbons (Fsp3) is 0.692. The molecule has 1 rings (SSSR count). The average Bonchev–Trinajstić information content (AvgIpc) is 2.23. The van der Waals surface area contributed by atoms with E-state index in [1.807, 2.05) is 20.0 Å². The third-order valence-electron chi connectivity index (χ3n) is 2.88. The highest BCUT2D eigenvalue weighted by atomic mass is 16.5. The van der Waals surface area contributed by atoms with Gasteiger partial charge in [-0.1, -0.05) is 20.8 Å². The number of methoxy groups -OCH3 is 1. The van der Waals surface area contributed by atoms with Crippen LogP contribution in [0.4, 0.5) is 0 Å². The largest absolute Gasteiger partial charge is 0.481 e. The Bertz CT molecular complexity index is 371. The lowest BCUT2D eigenvalue weighted by Crippen LogP contribution is -2.40. The van der Waals surface area contributed by atoms with Gasteiger partial charge in [0.15, 0.2) is 0 Å². The van der Waals surface area contributed by atoms with Gasteiger partial charge in [0, 0.05) is 24.2 Å². The molecule has 0 fully saturated rings. The van der Waals surface area contributed by atoms with Gasteiger partial charge in [-0.25, -0.2) is 4.98 Å². The van der Waals surface area contributed by atoms with Crippen LogP contribution in [0.5, 0.6) is 5.88 Å². The molecule has 0 aliphatic rings. The first-order valence-corrected chi connectivity index (χ1v) is 5.92. The van der Waals surface area contributed by atoms with E-state index < -0.39 is 0 Å². The van der Waals surface area contributed by atoms with Gasteiger partial charge in [-0.05, 0) is 19.4 Å². The zero-order valence-electron chi connectivity index (χ0n) is 11.7. The van der Waals surface area contributed by atoms with Crippen molar-refractivity contribution in [1.82, 2.24) is 15.3 Å². The molecule has 0 saturated heterocycles. The quantitative estimate of drug-likeness (QED) is 0.869. The van der Waals surface area contributed by atoms with Gasteiger partial charge >= 0.3 is 0 Å². The van der Waals surface area contributed by atoms with E-state index in [0.717, 1.165) is 17.9 Å². The summed E-state index contributed by atoms with van der Waals surface area (Å²) < 4.78 is 5.16. The van der Waals surface area contributed by atoms with Gasteiger partial charge in [-0.15, -0.1) is 0 Å². The van der Waals surface area contributed by atoms with Gasteiger partial charge in [0.1, 0.15) is 5.82 Å². The lowest BCUT2D eigenvalue weighted by atomic mass is 9.84. The maximum atomic E-state index is 5.16. The van der Waals surface area contributed by atoms with Crippen molar-refractivity contribution in [2.75, 3.05) is 14.2 Å². The number of hydrogen-bond acceptors (Lipinski definition) is 4. The van der Waals surface area contributed by atoms with Crippen molar-refractivity contribution < 1.29 is 4.74 Å². The minimum atomic E-state index is 0.195. The molecule has 0 radical (unpaired) electrons. The van der Waals surface area contributed by atoms with E-state index >= 15 is 0 Å². The maximum Gasteiger partial charge on any atom is 0.216 e. The number of nitrogens with zero attached hydrogens (tertiary/aromatic N) is 2. The second-order valence-corrected chi connectivity index (χ2v) is 5.36. The first-order chi connectivity index (χ1) is 7.86. The molecule has 4 nitrogen and oxygen atoms in total. The third kappa shape index (κ3) is 3.97. The summed E-state index contributed by atoms with van der Waals surface area (Å²) in [7, 11) is 3.62. The second-order valence-electron chi connectivity index (χ2n) is 5.36. The molecular formula is C13H23N3O. The smallest absolute Gasteiger partial charge is 0.216 e. The van der Waals surface area contributed by atoms with Crippen LogP contribution in [0, 0.1) is 12.3 Å². The van der Waals surface area contributed by atoms with Gasteiger partial charge in [0.2, 0.25) is 5.88 Å². The minimum absolute atomic E-state index is 0.195. The van der Waals surface area contributed by atoms with Gasteiger partial charge in [0.05, 0.1) is 7.11 Å². The monoisotopic (exact) mass is 237 g/mol. The van der Waals surface area contributed by atoms with E-state index in [9.17, 15) is 0 Å². The first kappa shape index (κ1) is 13.9. The van der Waals surface area contributed by atoms with Crippen LogP contribution >= 0.6 is 0 Å². The SMILES string of the molecule is CNC(Cc1cc(OC)nc(C)n1)C(C)(C)C. The molecule has 0 aliphatic heterocycles. The highest BCUT2D eigenvalue weighted by molar-refractivity contribution is 5.17. The standard InChI is InChI=1S/C13H23N3O/c1-9-15-10(8-12(16-9)17-6)7-11(14-5)13(2,3)4/h8,11,14H,7H2,1-6H3. The van der Waals surface area contributed by atoms with Crippen molar-refractivity contribution in [3.8, 4) is 5.88 Å². The molecule has 1 aromatic rings. The number of rotatable bonds is 4. The average molecular weight is 237 g/mol. The second kappa shape index (κ2) is 5.45. The Morgan fingerprint density at radius 1 is 1.35 bits per heavy atom. The van der Waals surface area contributed by atoms with E-state index in [-0.39, 0.29) is 5.41 Å². The van der Waals surface area contributed by atoms with Crippen molar-refractivity contribution in [3.05, 3.63) is 17.6 Å². The first-order valence-electron chi connectivity index (χ1n) is 5.92. The van der Waals surface area contributed by atoms with E-state index in [1.165, 1.54) is 0 Å². The van der Waals surface area contributed by atoms with Crippen molar-refractivity contribution >= 4 is 0 Å². The molecule has 17 heavy (non-hydrogen) atoms. The van der Waals surface area contributed by atoms with Gasteiger partial charge in [-0.2, -0.15) is 4.98 Å². The Morgan fingerprint density at radius 2 is 2.00 bits per heavy atom. The molecule has 0 amide bonds. The van der Waals surface area contributed by atoms with Crippen LogP contribution < -0.4 is 10.1 Å². The molecule has 96 valence electrons. The summed E-state index contributed by atoms with van der Waals surface area (Å²) >= 11 is 0. The fourth-order valence-electron chi connectivity index (χ4n) is 1.86. The minimum Gasteiger partial charge on any atom is -0.481 e. The van der Waals surface area contributed by atoms with Crippen LogP contribution in [0.1, 0.15) is 32.3 Å². The van der Waals surface area contributed by atoms with Crippen LogP contribution in [0.2, 0.25) is 0 Å². The van der Waals surface area contributed by atoms with Crippen LogP contribution in [-0.2, 0) is 6.42 Å². The molecule has 1 atom stereocenters. The topological polar surface area (TPSA) is 47.0 Å². The van der Waals surface area contributed by atoms with E-state index in [2.05, 4.69) is 36.1 Å². The highest BCUT2D eigenvalue weighted by Crippen LogP contribution is 2.22. The molecule has 0 bridgehead atoms. The van der Waals surface area contributed by atoms with Crippen molar-refractivity contribution in [1.29, 1.82) is 0 Å². The zero-order valence-corrected chi connectivity index (χ0v) is 11.7. The number of hydrogen-bond donors (Lipinski definition) is 1. The fourth-order valence-corrected chi connectivity index (χ4v) is 1.86. The number of aromatic nitrogens is 2. The van der Waals surface area contributed by atoms with Crippen LogP contribution in [0.15, 0.2) is 6.07 Å². The van der Waals surface area contributed by atoms with E-state index in [4.69, 9.17) is 4.74 Å². The highest BCUT2D eigenvalue weighted by Gasteiger charge is 2.23. The Morgan fingerprint density at radius 3 is 2.47 bits per heavy atom. The van der Waals surface area contributed by atoms with E-state index in [0.29, 0.717) is 11.9 Å². The number of likely N-dealkylation sites (N-methyl/N-ethyl adjacent to an activating group) is 1. The molecule has 1 unspecified atom stereocenters. The molecule has 1 N–H and O–H groups in total. The van der Waals surface area contributed by atoms with Crippen molar-refractivity contribution in [2.45, 2.75) is 40.2 Å². The third-order valence-corrected chi connectivity index (χ3v) is 2.88. The maximum absolute atomic E-state index is 5.16. The molecule has 1 aromatic heterocycles. The molecular weight excluding hydrogens is 214 g/mol. The number of nitrogens with one attached hydrogen (secondary N) is 1. The molecule has 0 aromatic carbocycles. The molecule has 0 saturated carbocycles. The molecule has 0 spiro atoms. The zero-order chi connectivity index (χ0) is 13.1. The lowest BCUT2D eigenvalue weighted by Gasteiger charge is -2.30. The lowest BCUT2D eigenvalue weighted by molar-refractivity contribution is 0.277. The Balaban J connectivity index is 2.90. The summed E-state index contributed by atoms with van der Waals surface area (Å²) in [6.07, 6.45) is 0.875. The number of ether oxygens (including phenoxy) is 1. The summed E-state index contributed by atoms with van der Waals surface area (Å²) in [6.45, 7) is 8.55. The Kier molecular flexibility index (Phi) is 4.46.